The molecule has 1 aromatic heterocycles. The Labute approximate surface area is 112 Å². The highest BCUT2D eigenvalue weighted by molar-refractivity contribution is 5.82. The Morgan fingerprint density at radius 1 is 1.32 bits per heavy atom. The van der Waals surface area contributed by atoms with Crippen LogP contribution in [0.15, 0.2) is 34.9 Å². The van der Waals surface area contributed by atoms with Crippen LogP contribution < -0.4 is 5.32 Å². The molecule has 1 heterocycles. The van der Waals surface area contributed by atoms with E-state index in [1.165, 1.54) is 10.9 Å². The molecule has 4 rings (SSSR count). The van der Waals surface area contributed by atoms with E-state index in [0.29, 0.717) is 17.8 Å². The number of fused-ring (bicyclic) bond motifs is 1. The van der Waals surface area contributed by atoms with Crippen molar-refractivity contribution < 1.29 is 9.21 Å². The fraction of sp³-hybridized carbons (Fsp3) is 0.438. The maximum absolute atomic E-state index is 11.6. The Bertz CT molecular complexity index is 626. The topological polar surface area (TPSA) is 42.2 Å². The molecule has 98 valence electrons. The van der Waals surface area contributed by atoms with Crippen molar-refractivity contribution in [2.45, 2.75) is 25.2 Å². The molecule has 1 amide bonds. The zero-order valence-electron chi connectivity index (χ0n) is 10.8. The first kappa shape index (κ1) is 11.1. The molecule has 2 aliphatic rings. The summed E-state index contributed by atoms with van der Waals surface area (Å²) in [5.74, 6) is 1.69. The van der Waals surface area contributed by atoms with Crippen molar-refractivity contribution in [1.82, 2.24) is 5.32 Å². The average Bonchev–Trinajstić information content (AvgIpc) is 3.33. The SMILES string of the molecule is O=C(NCC1CC1c1cccc2ccoc12)C1CC1. The van der Waals surface area contributed by atoms with Gasteiger partial charge in [-0.05, 0) is 42.7 Å². The smallest absolute Gasteiger partial charge is 0.223 e. The molecule has 3 heteroatoms. The Morgan fingerprint density at radius 3 is 3.05 bits per heavy atom. The summed E-state index contributed by atoms with van der Waals surface area (Å²) >= 11 is 0. The first-order valence-corrected chi connectivity index (χ1v) is 7.07. The van der Waals surface area contributed by atoms with Gasteiger partial charge in [-0.15, -0.1) is 0 Å². The third kappa shape index (κ3) is 2.03. The number of hydrogen-bond donors (Lipinski definition) is 1. The van der Waals surface area contributed by atoms with E-state index in [9.17, 15) is 4.79 Å². The van der Waals surface area contributed by atoms with E-state index in [1.807, 2.05) is 6.07 Å². The predicted octanol–water partition coefficient (Wildman–Crippen LogP) is 3.06. The molecule has 3 nitrogen and oxygen atoms in total. The monoisotopic (exact) mass is 255 g/mol. The average molecular weight is 255 g/mol. The summed E-state index contributed by atoms with van der Waals surface area (Å²) in [5, 5.41) is 4.25. The molecule has 19 heavy (non-hydrogen) atoms. The highest BCUT2D eigenvalue weighted by Gasteiger charge is 2.40. The van der Waals surface area contributed by atoms with E-state index in [-0.39, 0.29) is 5.91 Å². The van der Waals surface area contributed by atoms with Gasteiger partial charge >= 0.3 is 0 Å². The van der Waals surface area contributed by atoms with Crippen molar-refractivity contribution >= 4 is 16.9 Å². The van der Waals surface area contributed by atoms with Gasteiger partial charge in [-0.1, -0.05) is 18.2 Å². The van der Waals surface area contributed by atoms with Crippen LogP contribution in [0.25, 0.3) is 11.0 Å². The van der Waals surface area contributed by atoms with E-state index in [2.05, 4.69) is 23.5 Å². The number of carbonyl (C=O) groups is 1. The van der Waals surface area contributed by atoms with Crippen LogP contribution in [-0.2, 0) is 4.79 Å². The summed E-state index contributed by atoms with van der Waals surface area (Å²) in [6, 6.07) is 8.32. The first-order chi connectivity index (χ1) is 9.33. The van der Waals surface area contributed by atoms with Crippen LogP contribution in [0.1, 0.15) is 30.7 Å². The van der Waals surface area contributed by atoms with Crippen LogP contribution in [0.3, 0.4) is 0 Å². The van der Waals surface area contributed by atoms with Crippen LogP contribution in [0.4, 0.5) is 0 Å². The summed E-state index contributed by atoms with van der Waals surface area (Å²) in [6.45, 7) is 0.817. The Hall–Kier alpha value is -1.77. The molecule has 0 bridgehead atoms. The number of para-hydroxylation sites is 1. The number of carbonyl (C=O) groups excluding carboxylic acids is 1. The van der Waals surface area contributed by atoms with Crippen LogP contribution in [0, 0.1) is 11.8 Å². The molecule has 2 atom stereocenters. The van der Waals surface area contributed by atoms with Crippen molar-refractivity contribution in [3.05, 3.63) is 36.1 Å². The third-order valence-corrected chi connectivity index (χ3v) is 4.32. The quantitative estimate of drug-likeness (QED) is 0.912. The number of hydrogen-bond acceptors (Lipinski definition) is 2. The molecule has 2 aromatic rings. The van der Waals surface area contributed by atoms with E-state index in [1.54, 1.807) is 6.26 Å². The van der Waals surface area contributed by atoms with Crippen molar-refractivity contribution in [3.8, 4) is 0 Å². The van der Waals surface area contributed by atoms with Gasteiger partial charge in [0.2, 0.25) is 5.91 Å². The third-order valence-electron chi connectivity index (χ3n) is 4.32. The van der Waals surface area contributed by atoms with Crippen LogP contribution >= 0.6 is 0 Å². The number of rotatable bonds is 4. The van der Waals surface area contributed by atoms with E-state index in [0.717, 1.165) is 31.4 Å². The molecule has 0 saturated heterocycles. The zero-order chi connectivity index (χ0) is 12.8. The van der Waals surface area contributed by atoms with Gasteiger partial charge in [0.25, 0.3) is 0 Å². The molecule has 2 fully saturated rings. The number of furan rings is 1. The molecule has 2 aliphatic carbocycles. The van der Waals surface area contributed by atoms with Gasteiger partial charge in [-0.3, -0.25) is 4.79 Å². The largest absolute Gasteiger partial charge is 0.464 e. The van der Waals surface area contributed by atoms with E-state index in [4.69, 9.17) is 4.42 Å². The van der Waals surface area contributed by atoms with Gasteiger partial charge in [0.05, 0.1) is 6.26 Å². The van der Waals surface area contributed by atoms with Crippen molar-refractivity contribution in [3.63, 3.8) is 0 Å². The standard InChI is InChI=1S/C16H17NO2/c18-16(11-4-5-11)17-9-12-8-14(12)13-3-1-2-10-6-7-19-15(10)13/h1-3,6-7,11-12,14H,4-5,8-9H2,(H,17,18). The minimum atomic E-state index is 0.252. The first-order valence-electron chi connectivity index (χ1n) is 7.07. The van der Waals surface area contributed by atoms with Gasteiger partial charge < -0.3 is 9.73 Å². The molecule has 0 radical (unpaired) electrons. The highest BCUT2D eigenvalue weighted by Crippen LogP contribution is 2.49. The Morgan fingerprint density at radius 2 is 2.21 bits per heavy atom. The highest BCUT2D eigenvalue weighted by atomic mass is 16.3. The van der Waals surface area contributed by atoms with Crippen molar-refractivity contribution in [1.29, 1.82) is 0 Å². The lowest BCUT2D eigenvalue weighted by molar-refractivity contribution is -0.122. The summed E-state index contributed by atoms with van der Waals surface area (Å²) in [4.78, 5) is 11.6. The summed E-state index contributed by atoms with van der Waals surface area (Å²) in [5.41, 5.74) is 2.32. The Kier molecular flexibility index (Phi) is 2.40. The molecule has 2 saturated carbocycles. The minimum Gasteiger partial charge on any atom is -0.464 e. The Balaban J connectivity index is 1.44. The maximum Gasteiger partial charge on any atom is 0.223 e. The van der Waals surface area contributed by atoms with E-state index < -0.39 is 0 Å². The second-order valence-corrected chi connectivity index (χ2v) is 5.81. The van der Waals surface area contributed by atoms with Gasteiger partial charge in [-0.25, -0.2) is 0 Å². The molecular weight excluding hydrogens is 238 g/mol. The van der Waals surface area contributed by atoms with E-state index >= 15 is 0 Å². The number of benzene rings is 1. The maximum atomic E-state index is 11.6. The second-order valence-electron chi connectivity index (χ2n) is 5.81. The van der Waals surface area contributed by atoms with Gasteiger partial charge in [0, 0.05) is 17.8 Å². The van der Waals surface area contributed by atoms with Crippen LogP contribution in [-0.4, -0.2) is 12.5 Å². The molecule has 0 spiro atoms. The van der Waals surface area contributed by atoms with Crippen LogP contribution in [0.5, 0.6) is 0 Å². The molecule has 2 unspecified atom stereocenters. The zero-order valence-corrected chi connectivity index (χ0v) is 10.8. The number of amides is 1. The molecule has 0 aliphatic heterocycles. The summed E-state index contributed by atoms with van der Waals surface area (Å²) < 4.78 is 5.59. The summed E-state index contributed by atoms with van der Waals surface area (Å²) in [6.07, 6.45) is 5.06. The minimum absolute atomic E-state index is 0.252. The number of nitrogens with one attached hydrogen (secondary N) is 1. The molecular formula is C16H17NO2. The molecule has 1 aromatic carbocycles. The summed E-state index contributed by atoms with van der Waals surface area (Å²) in [7, 11) is 0. The van der Waals surface area contributed by atoms with Crippen molar-refractivity contribution in [2.24, 2.45) is 11.8 Å². The lowest BCUT2D eigenvalue weighted by atomic mass is 10.1. The van der Waals surface area contributed by atoms with Gasteiger partial charge in [-0.2, -0.15) is 0 Å². The lowest BCUT2D eigenvalue weighted by Crippen LogP contribution is -2.27. The predicted molar refractivity (Wildman–Crippen MR) is 72.8 cm³/mol. The lowest BCUT2D eigenvalue weighted by Gasteiger charge is -2.04. The van der Waals surface area contributed by atoms with Crippen LogP contribution in [0.2, 0.25) is 0 Å². The fourth-order valence-corrected chi connectivity index (χ4v) is 2.88. The molecule has 1 N–H and O–H groups in total. The fourth-order valence-electron chi connectivity index (χ4n) is 2.88. The second kappa shape index (κ2) is 4.12. The van der Waals surface area contributed by atoms with Gasteiger partial charge in [0.1, 0.15) is 5.58 Å². The normalized spacial score (nSPS) is 25.5. The van der Waals surface area contributed by atoms with Crippen molar-refractivity contribution in [2.75, 3.05) is 6.54 Å². The van der Waals surface area contributed by atoms with Gasteiger partial charge in [0.15, 0.2) is 0 Å².